The van der Waals surface area contributed by atoms with Gasteiger partial charge in [0.25, 0.3) is 0 Å². The topological polar surface area (TPSA) is 53.7 Å². The largest absolute Gasteiger partial charge is 0.469 e. The Kier molecular flexibility index (Phi) is 5.36. The molecule has 0 aliphatic heterocycles. The summed E-state index contributed by atoms with van der Waals surface area (Å²) < 4.78 is 5.32. The summed E-state index contributed by atoms with van der Waals surface area (Å²) in [5, 5.41) is 10.7. The van der Waals surface area contributed by atoms with Crippen molar-refractivity contribution >= 4 is 5.91 Å². The minimum atomic E-state index is -0.727. The average molecular weight is 327 g/mol. The lowest BCUT2D eigenvalue weighted by molar-refractivity contribution is -0.135. The van der Waals surface area contributed by atoms with Crippen molar-refractivity contribution in [3.63, 3.8) is 0 Å². The Morgan fingerprint density at radius 2 is 1.88 bits per heavy atom. The van der Waals surface area contributed by atoms with Crippen LogP contribution in [0.15, 0.2) is 53.1 Å². The van der Waals surface area contributed by atoms with Gasteiger partial charge in [0, 0.05) is 25.9 Å². The van der Waals surface area contributed by atoms with Crippen molar-refractivity contribution in [2.45, 2.75) is 50.7 Å². The summed E-state index contributed by atoms with van der Waals surface area (Å²) in [6.45, 7) is 0.957. The summed E-state index contributed by atoms with van der Waals surface area (Å²) in [6, 6.07) is 13.7. The number of benzene rings is 1. The van der Waals surface area contributed by atoms with Crippen molar-refractivity contribution in [2.24, 2.45) is 0 Å². The zero-order valence-corrected chi connectivity index (χ0v) is 14.0. The van der Waals surface area contributed by atoms with Gasteiger partial charge in [-0.25, -0.2) is 0 Å². The van der Waals surface area contributed by atoms with Crippen molar-refractivity contribution in [2.75, 3.05) is 6.54 Å². The van der Waals surface area contributed by atoms with Crippen molar-refractivity contribution in [1.82, 2.24) is 4.90 Å². The first-order chi connectivity index (χ1) is 11.6. The van der Waals surface area contributed by atoms with Crippen LogP contribution in [-0.2, 0) is 17.8 Å². The second kappa shape index (κ2) is 7.67. The standard InChI is InChI=1S/C20H25NO3/c22-19(11-10-18-9-6-14-24-18)21(15-17-7-2-1-3-8-17)16-20(23)12-4-5-13-20/h1-3,6-9,14,23H,4-5,10-13,15-16H2. The van der Waals surface area contributed by atoms with Crippen LogP contribution in [0.2, 0.25) is 0 Å². The van der Waals surface area contributed by atoms with E-state index in [1.165, 1.54) is 0 Å². The normalized spacial score (nSPS) is 16.2. The molecule has 4 heteroatoms. The third-order valence-corrected chi connectivity index (χ3v) is 4.75. The minimum absolute atomic E-state index is 0.0654. The predicted molar refractivity (Wildman–Crippen MR) is 92.3 cm³/mol. The number of aliphatic hydroxyl groups is 1. The lowest BCUT2D eigenvalue weighted by Gasteiger charge is -2.31. The number of hydrogen-bond donors (Lipinski definition) is 1. The van der Waals surface area contributed by atoms with Gasteiger partial charge < -0.3 is 14.4 Å². The van der Waals surface area contributed by atoms with Gasteiger partial charge >= 0.3 is 0 Å². The molecule has 1 fully saturated rings. The molecule has 1 aliphatic rings. The van der Waals surface area contributed by atoms with Crippen LogP contribution in [0.4, 0.5) is 0 Å². The van der Waals surface area contributed by atoms with E-state index >= 15 is 0 Å². The lowest BCUT2D eigenvalue weighted by atomic mass is 10.0. The fourth-order valence-corrected chi connectivity index (χ4v) is 3.43. The zero-order valence-electron chi connectivity index (χ0n) is 14.0. The predicted octanol–water partition coefficient (Wildman–Crippen LogP) is 3.55. The van der Waals surface area contributed by atoms with Crippen molar-refractivity contribution in [3.05, 3.63) is 60.1 Å². The Bertz CT molecular complexity index is 630. The van der Waals surface area contributed by atoms with Crippen LogP contribution >= 0.6 is 0 Å². The van der Waals surface area contributed by atoms with Gasteiger partial charge in [0.05, 0.1) is 11.9 Å². The maximum atomic E-state index is 12.7. The Balaban J connectivity index is 1.66. The molecular formula is C20H25NO3. The van der Waals surface area contributed by atoms with Gasteiger partial charge in [-0.3, -0.25) is 4.79 Å². The van der Waals surface area contributed by atoms with Crippen LogP contribution in [0.3, 0.4) is 0 Å². The number of aryl methyl sites for hydroxylation is 1. The quantitative estimate of drug-likeness (QED) is 0.846. The molecule has 1 aromatic carbocycles. The third-order valence-electron chi connectivity index (χ3n) is 4.75. The highest BCUT2D eigenvalue weighted by atomic mass is 16.3. The maximum Gasteiger partial charge on any atom is 0.223 e. The van der Waals surface area contributed by atoms with Crippen LogP contribution in [-0.4, -0.2) is 28.1 Å². The molecule has 0 spiro atoms. The second-order valence-electron chi connectivity index (χ2n) is 6.75. The summed E-state index contributed by atoms with van der Waals surface area (Å²) in [5.74, 6) is 0.887. The highest BCUT2D eigenvalue weighted by Gasteiger charge is 2.34. The van der Waals surface area contributed by atoms with E-state index in [-0.39, 0.29) is 5.91 Å². The molecule has 0 unspecified atom stereocenters. The number of carbonyl (C=O) groups excluding carboxylic acids is 1. The fourth-order valence-electron chi connectivity index (χ4n) is 3.43. The lowest BCUT2D eigenvalue weighted by Crippen LogP contribution is -2.43. The Morgan fingerprint density at radius 3 is 2.54 bits per heavy atom. The van der Waals surface area contributed by atoms with Crippen LogP contribution in [0.1, 0.15) is 43.4 Å². The number of nitrogens with zero attached hydrogens (tertiary/aromatic N) is 1. The van der Waals surface area contributed by atoms with Gasteiger partial charge in [0.2, 0.25) is 5.91 Å². The molecule has 4 nitrogen and oxygen atoms in total. The highest BCUT2D eigenvalue weighted by molar-refractivity contribution is 5.76. The van der Waals surface area contributed by atoms with Crippen LogP contribution in [0.5, 0.6) is 0 Å². The molecule has 1 heterocycles. The SMILES string of the molecule is O=C(CCc1ccco1)N(Cc1ccccc1)CC1(O)CCCC1. The highest BCUT2D eigenvalue weighted by Crippen LogP contribution is 2.30. The van der Waals surface area contributed by atoms with Crippen molar-refractivity contribution in [3.8, 4) is 0 Å². The molecule has 0 bridgehead atoms. The summed E-state index contributed by atoms with van der Waals surface area (Å²) >= 11 is 0. The summed E-state index contributed by atoms with van der Waals surface area (Å²) in [7, 11) is 0. The van der Waals surface area contributed by atoms with E-state index in [4.69, 9.17) is 4.42 Å². The number of carbonyl (C=O) groups is 1. The molecule has 1 aliphatic carbocycles. The van der Waals surface area contributed by atoms with Gasteiger partial charge in [0.15, 0.2) is 0 Å². The number of hydrogen-bond acceptors (Lipinski definition) is 3. The molecule has 0 saturated heterocycles. The third kappa shape index (κ3) is 4.48. The summed E-state index contributed by atoms with van der Waals surface area (Å²) in [4.78, 5) is 14.6. The smallest absolute Gasteiger partial charge is 0.223 e. The molecule has 1 saturated carbocycles. The summed E-state index contributed by atoms with van der Waals surface area (Å²) in [5.41, 5.74) is 0.361. The first kappa shape index (κ1) is 16.8. The fraction of sp³-hybridized carbons (Fsp3) is 0.450. The van der Waals surface area contributed by atoms with E-state index in [1.807, 2.05) is 47.4 Å². The van der Waals surface area contributed by atoms with Gasteiger partial charge in [-0.05, 0) is 30.5 Å². The molecule has 128 valence electrons. The first-order valence-corrected chi connectivity index (χ1v) is 8.71. The Hall–Kier alpha value is -2.07. The van der Waals surface area contributed by atoms with E-state index in [0.717, 1.165) is 37.0 Å². The summed E-state index contributed by atoms with van der Waals surface area (Å²) in [6.07, 6.45) is 6.26. The van der Waals surface area contributed by atoms with E-state index in [2.05, 4.69) is 0 Å². The van der Waals surface area contributed by atoms with Crippen LogP contribution in [0.25, 0.3) is 0 Å². The van der Waals surface area contributed by atoms with E-state index in [9.17, 15) is 9.90 Å². The molecule has 0 atom stereocenters. The van der Waals surface area contributed by atoms with Gasteiger partial charge in [-0.15, -0.1) is 0 Å². The van der Waals surface area contributed by atoms with Gasteiger partial charge in [-0.2, -0.15) is 0 Å². The van der Waals surface area contributed by atoms with Crippen LogP contribution < -0.4 is 0 Å². The minimum Gasteiger partial charge on any atom is -0.469 e. The molecular weight excluding hydrogens is 302 g/mol. The monoisotopic (exact) mass is 327 g/mol. The molecule has 0 radical (unpaired) electrons. The van der Waals surface area contributed by atoms with Crippen LogP contribution in [0, 0.1) is 0 Å². The zero-order chi connectivity index (χ0) is 16.8. The molecule has 1 N–H and O–H groups in total. The Morgan fingerprint density at radius 1 is 1.12 bits per heavy atom. The number of rotatable bonds is 7. The van der Waals surface area contributed by atoms with Crippen molar-refractivity contribution in [1.29, 1.82) is 0 Å². The van der Waals surface area contributed by atoms with E-state index in [1.54, 1.807) is 6.26 Å². The van der Waals surface area contributed by atoms with E-state index < -0.39 is 5.60 Å². The molecule has 1 aromatic heterocycles. The van der Waals surface area contributed by atoms with Crippen molar-refractivity contribution < 1.29 is 14.3 Å². The van der Waals surface area contributed by atoms with Gasteiger partial charge in [0.1, 0.15) is 5.76 Å². The molecule has 1 amide bonds. The molecule has 3 rings (SSSR count). The Labute approximate surface area is 143 Å². The average Bonchev–Trinajstić information content (AvgIpc) is 3.25. The molecule has 2 aromatic rings. The van der Waals surface area contributed by atoms with E-state index in [0.29, 0.717) is 25.9 Å². The first-order valence-electron chi connectivity index (χ1n) is 8.71. The maximum absolute atomic E-state index is 12.7. The van der Waals surface area contributed by atoms with Gasteiger partial charge in [-0.1, -0.05) is 43.2 Å². The number of furan rings is 1. The molecule has 24 heavy (non-hydrogen) atoms. The second-order valence-corrected chi connectivity index (χ2v) is 6.75. The number of amides is 1.